The van der Waals surface area contributed by atoms with Crippen LogP contribution in [0.2, 0.25) is 0 Å². The van der Waals surface area contributed by atoms with Crippen LogP contribution < -0.4 is 5.43 Å². The van der Waals surface area contributed by atoms with Gasteiger partial charge in [-0.15, -0.1) is 0 Å². The molecule has 5 nitrogen and oxygen atoms in total. The predicted molar refractivity (Wildman–Crippen MR) is 91.8 cm³/mol. The number of rotatable bonds is 2. The zero-order valence-corrected chi connectivity index (χ0v) is 14.2. The molecule has 1 fully saturated rings. The number of nitrogens with one attached hydrogen (secondary N) is 1. The maximum atomic E-state index is 12.5. The predicted octanol–water partition coefficient (Wildman–Crippen LogP) is 3.43. The van der Waals surface area contributed by atoms with Crippen molar-refractivity contribution in [1.82, 2.24) is 4.68 Å². The molecule has 1 aromatic carbocycles. The average molecular weight is 387 g/mol. The van der Waals surface area contributed by atoms with Gasteiger partial charge in [0.25, 0.3) is 5.91 Å². The van der Waals surface area contributed by atoms with Gasteiger partial charge >= 0.3 is 0 Å². The Bertz CT molecular complexity index is 876. The largest absolute Gasteiger partial charge is 0.493 e. The van der Waals surface area contributed by atoms with Crippen molar-refractivity contribution in [1.29, 1.82) is 0 Å². The molecule has 4 aliphatic rings. The highest BCUT2D eigenvalue weighted by molar-refractivity contribution is 9.10. The Labute approximate surface area is 146 Å². The van der Waals surface area contributed by atoms with Gasteiger partial charge in [0.15, 0.2) is 0 Å². The molecule has 6 heteroatoms. The van der Waals surface area contributed by atoms with Crippen molar-refractivity contribution in [3.05, 3.63) is 57.6 Å². The van der Waals surface area contributed by atoms with Crippen LogP contribution in [-0.2, 0) is 0 Å². The normalized spacial score (nSPS) is 28.4. The van der Waals surface area contributed by atoms with Gasteiger partial charge in [-0.2, -0.15) is 4.68 Å². The monoisotopic (exact) mass is 386 g/mol. The second-order valence-electron chi connectivity index (χ2n) is 6.73. The molecule has 4 aliphatic carbocycles. The Balaban J connectivity index is 1.55. The summed E-state index contributed by atoms with van der Waals surface area (Å²) in [6, 6.07) is 7.03. The Hall–Kier alpha value is -2.21. The summed E-state index contributed by atoms with van der Waals surface area (Å²) < 4.78 is 1.77. The van der Waals surface area contributed by atoms with E-state index in [2.05, 4.69) is 33.5 Å². The number of benzene rings is 1. The number of hydrogen-bond acceptors (Lipinski definition) is 3. The van der Waals surface area contributed by atoms with Gasteiger partial charge in [0.1, 0.15) is 0 Å². The first kappa shape index (κ1) is 14.2. The fraction of sp³-hybridized carbons (Fsp3) is 0.278. The standard InChI is InChI=1S/C18H15BrN2O3/c19-13-4-2-1-3-10(13)16(22)20-21-17(23)14-8-5-6-9(12-7-11(8)12)15(14)18(21)24/h1-6,8-9,11-12,23-24H,7H2,(H,20,22). The molecule has 0 spiro atoms. The molecule has 1 heterocycles. The summed E-state index contributed by atoms with van der Waals surface area (Å²) in [5.41, 5.74) is 4.59. The maximum Gasteiger partial charge on any atom is 0.271 e. The van der Waals surface area contributed by atoms with Gasteiger partial charge in [-0.1, -0.05) is 24.3 Å². The summed E-state index contributed by atoms with van der Waals surface area (Å²) in [5.74, 6) is 0.886. The molecule has 4 atom stereocenters. The van der Waals surface area contributed by atoms with Gasteiger partial charge < -0.3 is 10.2 Å². The lowest BCUT2D eigenvalue weighted by Gasteiger charge is -2.29. The van der Waals surface area contributed by atoms with E-state index in [9.17, 15) is 15.0 Å². The number of nitrogens with zero attached hydrogens (tertiary/aromatic N) is 1. The van der Waals surface area contributed by atoms with Crippen LogP contribution in [0.5, 0.6) is 11.8 Å². The minimum atomic E-state index is -0.397. The van der Waals surface area contributed by atoms with Crippen molar-refractivity contribution in [3.8, 4) is 11.8 Å². The Morgan fingerprint density at radius 2 is 1.67 bits per heavy atom. The topological polar surface area (TPSA) is 74.5 Å². The minimum Gasteiger partial charge on any atom is -0.493 e. The number of allylic oxidation sites excluding steroid dienone is 2. The molecule has 4 unspecified atom stereocenters. The number of carbonyl (C=O) groups excluding carboxylic acids is 1. The fourth-order valence-corrected chi connectivity index (χ4v) is 4.82. The van der Waals surface area contributed by atoms with Crippen LogP contribution in [-0.4, -0.2) is 20.8 Å². The molecule has 1 amide bonds. The van der Waals surface area contributed by atoms with Crippen molar-refractivity contribution in [2.75, 3.05) is 5.43 Å². The van der Waals surface area contributed by atoms with E-state index in [-0.39, 0.29) is 23.6 Å². The van der Waals surface area contributed by atoms with E-state index in [1.807, 2.05) is 6.07 Å². The molecular weight excluding hydrogens is 372 g/mol. The number of hydrogen-bond donors (Lipinski definition) is 3. The Morgan fingerprint density at radius 1 is 1.08 bits per heavy atom. The van der Waals surface area contributed by atoms with Crippen molar-refractivity contribution >= 4 is 21.8 Å². The van der Waals surface area contributed by atoms with Crippen LogP contribution >= 0.6 is 15.9 Å². The lowest BCUT2D eigenvalue weighted by molar-refractivity contribution is 0.100. The number of amides is 1. The molecular formula is C18H15BrN2O3. The molecule has 1 aromatic heterocycles. The molecule has 2 bridgehead atoms. The lowest BCUT2D eigenvalue weighted by atomic mass is 9.73. The number of carbonyl (C=O) groups is 1. The highest BCUT2D eigenvalue weighted by Gasteiger charge is 2.57. The van der Waals surface area contributed by atoms with E-state index in [0.29, 0.717) is 21.9 Å². The fourth-order valence-electron chi connectivity index (χ4n) is 4.36. The second kappa shape index (κ2) is 4.66. The first-order chi connectivity index (χ1) is 11.6. The summed E-state index contributed by atoms with van der Waals surface area (Å²) in [6.07, 6.45) is 5.39. The van der Waals surface area contributed by atoms with E-state index in [1.54, 1.807) is 18.2 Å². The van der Waals surface area contributed by atoms with Gasteiger partial charge in [-0.05, 0) is 46.3 Å². The molecule has 0 saturated heterocycles. The van der Waals surface area contributed by atoms with Gasteiger partial charge in [-0.3, -0.25) is 10.2 Å². The Morgan fingerprint density at radius 3 is 2.25 bits per heavy atom. The third-order valence-corrected chi connectivity index (χ3v) is 6.23. The van der Waals surface area contributed by atoms with Crippen LogP contribution in [0.4, 0.5) is 0 Å². The lowest BCUT2D eigenvalue weighted by Crippen LogP contribution is -2.22. The summed E-state index contributed by atoms with van der Waals surface area (Å²) in [4.78, 5) is 12.5. The highest BCUT2D eigenvalue weighted by atomic mass is 79.9. The van der Waals surface area contributed by atoms with E-state index in [1.165, 1.54) is 0 Å². The molecule has 2 aromatic rings. The molecule has 122 valence electrons. The van der Waals surface area contributed by atoms with Crippen molar-refractivity contribution in [3.63, 3.8) is 0 Å². The molecule has 0 aliphatic heterocycles. The number of halogens is 1. The van der Waals surface area contributed by atoms with Crippen molar-refractivity contribution in [2.24, 2.45) is 11.8 Å². The van der Waals surface area contributed by atoms with Gasteiger partial charge in [-0.25, -0.2) is 0 Å². The van der Waals surface area contributed by atoms with Crippen LogP contribution in [0.3, 0.4) is 0 Å². The van der Waals surface area contributed by atoms with Crippen LogP contribution in [0.15, 0.2) is 40.9 Å². The van der Waals surface area contributed by atoms with Crippen LogP contribution in [0.25, 0.3) is 0 Å². The first-order valence-electron chi connectivity index (χ1n) is 7.98. The number of aromatic hydroxyl groups is 2. The van der Waals surface area contributed by atoms with E-state index >= 15 is 0 Å². The summed E-state index contributed by atoms with van der Waals surface area (Å²) in [7, 11) is 0. The molecule has 24 heavy (non-hydrogen) atoms. The van der Waals surface area contributed by atoms with Gasteiger partial charge in [0, 0.05) is 27.4 Å². The second-order valence-corrected chi connectivity index (χ2v) is 7.58. The summed E-state index contributed by atoms with van der Waals surface area (Å²) >= 11 is 3.34. The van der Waals surface area contributed by atoms with E-state index in [0.717, 1.165) is 22.2 Å². The van der Waals surface area contributed by atoms with Crippen molar-refractivity contribution < 1.29 is 15.0 Å². The minimum absolute atomic E-state index is 0.0624. The van der Waals surface area contributed by atoms with Crippen LogP contribution in [0, 0.1) is 11.8 Å². The summed E-state index contributed by atoms with van der Waals surface area (Å²) in [5, 5.41) is 21.2. The van der Waals surface area contributed by atoms with Crippen molar-refractivity contribution in [2.45, 2.75) is 18.3 Å². The first-order valence-corrected chi connectivity index (χ1v) is 8.78. The third kappa shape index (κ3) is 1.72. The van der Waals surface area contributed by atoms with Gasteiger partial charge in [0.05, 0.1) is 5.56 Å². The highest BCUT2D eigenvalue weighted by Crippen LogP contribution is 2.67. The quantitative estimate of drug-likeness (QED) is 0.692. The molecule has 0 radical (unpaired) electrons. The zero-order valence-electron chi connectivity index (χ0n) is 12.6. The maximum absolute atomic E-state index is 12.5. The Kier molecular flexibility index (Phi) is 2.75. The molecule has 6 rings (SSSR count). The zero-order chi connectivity index (χ0) is 16.6. The molecule has 1 saturated carbocycles. The van der Waals surface area contributed by atoms with E-state index < -0.39 is 5.91 Å². The van der Waals surface area contributed by atoms with E-state index in [4.69, 9.17) is 0 Å². The van der Waals surface area contributed by atoms with Crippen LogP contribution in [0.1, 0.15) is 39.7 Å². The van der Waals surface area contributed by atoms with Gasteiger partial charge in [0.2, 0.25) is 11.8 Å². The number of aromatic nitrogens is 1. The molecule has 3 N–H and O–H groups in total. The summed E-state index contributed by atoms with van der Waals surface area (Å²) in [6.45, 7) is 0. The smallest absolute Gasteiger partial charge is 0.271 e. The third-order valence-electron chi connectivity index (χ3n) is 5.53. The SMILES string of the molecule is O=C(Nn1c(O)c2c(c1O)C1C=CC2C2CC12)c1ccccc1Br. The average Bonchev–Trinajstić information content (AvgIpc) is 3.36.